The number of carbonyl (C=O) groups is 1. The van der Waals surface area contributed by atoms with Crippen molar-refractivity contribution in [2.24, 2.45) is 0 Å². The van der Waals surface area contributed by atoms with Gasteiger partial charge in [0.25, 0.3) is 5.91 Å². The van der Waals surface area contributed by atoms with Gasteiger partial charge in [0.15, 0.2) is 0 Å². The Kier molecular flexibility index (Phi) is 5.06. The highest BCUT2D eigenvalue weighted by Gasteiger charge is 2.30. The molecule has 1 saturated carbocycles. The molecule has 1 aromatic rings. The van der Waals surface area contributed by atoms with Crippen LogP contribution in [0.2, 0.25) is 0 Å². The van der Waals surface area contributed by atoms with Gasteiger partial charge in [-0.3, -0.25) is 4.79 Å². The van der Waals surface area contributed by atoms with Gasteiger partial charge < -0.3 is 20.3 Å². The maximum atomic E-state index is 12.8. The van der Waals surface area contributed by atoms with Gasteiger partial charge in [0.05, 0.1) is 5.69 Å². The minimum absolute atomic E-state index is 0.0494. The van der Waals surface area contributed by atoms with Crippen LogP contribution in [0.3, 0.4) is 0 Å². The third kappa shape index (κ3) is 3.15. The second-order valence-corrected chi connectivity index (χ2v) is 5.51. The molecule has 0 bridgehead atoms. The molecule has 1 amide bonds. The number of amides is 1. The van der Waals surface area contributed by atoms with Crippen molar-refractivity contribution in [3.05, 3.63) is 18.0 Å². The highest BCUT2D eigenvalue weighted by Crippen LogP contribution is 2.27. The van der Waals surface area contributed by atoms with E-state index >= 15 is 0 Å². The number of hydrogen-bond donors (Lipinski definition) is 2. The molecule has 0 atom stereocenters. The van der Waals surface area contributed by atoms with E-state index in [1.165, 1.54) is 6.42 Å². The Morgan fingerprint density at radius 1 is 1.55 bits per heavy atom. The Morgan fingerprint density at radius 2 is 2.30 bits per heavy atom. The summed E-state index contributed by atoms with van der Waals surface area (Å²) in [6.45, 7) is 3.63. The molecule has 1 aliphatic rings. The fraction of sp³-hybridized carbons (Fsp3) is 0.667. The van der Waals surface area contributed by atoms with Crippen LogP contribution in [0.1, 0.15) is 49.5 Å². The highest BCUT2D eigenvalue weighted by molar-refractivity contribution is 5.94. The molecule has 3 N–H and O–H groups in total. The predicted octanol–water partition coefficient (Wildman–Crippen LogP) is 1.86. The number of aliphatic hydroxyl groups is 1. The van der Waals surface area contributed by atoms with E-state index in [0.29, 0.717) is 30.4 Å². The summed E-state index contributed by atoms with van der Waals surface area (Å²) in [6.07, 6.45) is 6.76. The van der Waals surface area contributed by atoms with Crippen LogP contribution < -0.4 is 5.73 Å². The number of rotatable bonds is 7. The van der Waals surface area contributed by atoms with E-state index in [1.807, 2.05) is 15.7 Å². The standard InChI is InChI=1S/C15H25N3O2/c1-2-7-17-11-12(16)10-14(17)15(20)18(8-4-9-19)13-5-3-6-13/h10-11,13,19H,2-9,16H2,1H3. The van der Waals surface area contributed by atoms with E-state index in [0.717, 1.165) is 25.8 Å². The molecule has 0 aromatic carbocycles. The predicted molar refractivity (Wildman–Crippen MR) is 79.5 cm³/mol. The van der Waals surface area contributed by atoms with Gasteiger partial charge in [0, 0.05) is 31.9 Å². The van der Waals surface area contributed by atoms with Crippen molar-refractivity contribution in [3.8, 4) is 0 Å². The van der Waals surface area contributed by atoms with Crippen LogP contribution in [0.25, 0.3) is 0 Å². The van der Waals surface area contributed by atoms with Crippen LogP contribution in [0, 0.1) is 0 Å². The third-order valence-electron chi connectivity index (χ3n) is 3.93. The first kappa shape index (κ1) is 14.9. The summed E-state index contributed by atoms with van der Waals surface area (Å²) in [5, 5.41) is 9.02. The van der Waals surface area contributed by atoms with Crippen LogP contribution in [0.15, 0.2) is 12.3 Å². The molecule has 1 aliphatic carbocycles. The Hall–Kier alpha value is -1.49. The molecule has 0 saturated heterocycles. The number of aryl methyl sites for hydroxylation is 1. The van der Waals surface area contributed by atoms with E-state index in [1.54, 1.807) is 6.07 Å². The van der Waals surface area contributed by atoms with Crippen molar-refractivity contribution < 1.29 is 9.90 Å². The molecular weight excluding hydrogens is 254 g/mol. The molecule has 0 aliphatic heterocycles. The second-order valence-electron chi connectivity index (χ2n) is 5.51. The lowest BCUT2D eigenvalue weighted by Gasteiger charge is -2.37. The molecule has 0 unspecified atom stereocenters. The number of nitrogen functional groups attached to an aromatic ring is 1. The van der Waals surface area contributed by atoms with Gasteiger partial charge in [-0.15, -0.1) is 0 Å². The first-order valence-electron chi connectivity index (χ1n) is 7.54. The summed E-state index contributed by atoms with van der Waals surface area (Å²) in [7, 11) is 0. The largest absolute Gasteiger partial charge is 0.397 e. The zero-order chi connectivity index (χ0) is 14.5. The fourth-order valence-corrected chi connectivity index (χ4v) is 2.67. The SMILES string of the molecule is CCCn1cc(N)cc1C(=O)N(CCCO)C1CCC1. The monoisotopic (exact) mass is 279 g/mol. The number of nitrogens with two attached hydrogens (primary N) is 1. The van der Waals surface area contributed by atoms with Crippen molar-refractivity contribution >= 4 is 11.6 Å². The number of nitrogens with zero attached hydrogens (tertiary/aromatic N) is 2. The molecule has 1 aromatic heterocycles. The Morgan fingerprint density at radius 3 is 2.85 bits per heavy atom. The van der Waals surface area contributed by atoms with E-state index in [4.69, 9.17) is 10.8 Å². The minimum Gasteiger partial charge on any atom is -0.397 e. The Balaban J connectivity index is 2.17. The molecule has 20 heavy (non-hydrogen) atoms. The van der Waals surface area contributed by atoms with E-state index in [-0.39, 0.29) is 12.5 Å². The van der Waals surface area contributed by atoms with E-state index in [2.05, 4.69) is 6.92 Å². The molecule has 1 heterocycles. The van der Waals surface area contributed by atoms with Crippen LogP contribution in [-0.2, 0) is 6.54 Å². The molecule has 2 rings (SSSR count). The normalized spacial score (nSPS) is 15.1. The van der Waals surface area contributed by atoms with Crippen LogP contribution >= 0.6 is 0 Å². The molecule has 112 valence electrons. The van der Waals surface area contributed by atoms with Crippen LogP contribution in [0.5, 0.6) is 0 Å². The molecule has 5 heteroatoms. The van der Waals surface area contributed by atoms with Gasteiger partial charge in [-0.2, -0.15) is 0 Å². The fourth-order valence-electron chi connectivity index (χ4n) is 2.67. The summed E-state index contributed by atoms with van der Waals surface area (Å²) >= 11 is 0. The van der Waals surface area contributed by atoms with Crippen molar-refractivity contribution in [1.29, 1.82) is 0 Å². The summed E-state index contributed by atoms with van der Waals surface area (Å²) in [4.78, 5) is 14.7. The average Bonchev–Trinajstić information content (AvgIpc) is 2.73. The number of anilines is 1. The second kappa shape index (κ2) is 6.79. The molecular formula is C15H25N3O2. The Labute approximate surface area is 120 Å². The summed E-state index contributed by atoms with van der Waals surface area (Å²) in [6, 6.07) is 2.10. The van der Waals surface area contributed by atoms with E-state index in [9.17, 15) is 4.79 Å². The maximum absolute atomic E-state index is 12.8. The van der Waals surface area contributed by atoms with Gasteiger partial charge >= 0.3 is 0 Å². The Bertz CT molecular complexity index is 452. The molecule has 0 radical (unpaired) electrons. The maximum Gasteiger partial charge on any atom is 0.270 e. The lowest BCUT2D eigenvalue weighted by Crippen LogP contribution is -2.45. The van der Waals surface area contributed by atoms with Gasteiger partial charge in [0.2, 0.25) is 0 Å². The van der Waals surface area contributed by atoms with Crippen molar-refractivity contribution in [2.75, 3.05) is 18.9 Å². The van der Waals surface area contributed by atoms with Gasteiger partial charge in [-0.05, 0) is 38.2 Å². The summed E-state index contributed by atoms with van der Waals surface area (Å²) in [5.74, 6) is 0.0494. The third-order valence-corrected chi connectivity index (χ3v) is 3.93. The van der Waals surface area contributed by atoms with Crippen molar-refractivity contribution in [3.63, 3.8) is 0 Å². The average molecular weight is 279 g/mol. The first-order valence-corrected chi connectivity index (χ1v) is 7.54. The van der Waals surface area contributed by atoms with Crippen molar-refractivity contribution in [1.82, 2.24) is 9.47 Å². The van der Waals surface area contributed by atoms with Crippen molar-refractivity contribution in [2.45, 2.75) is 51.6 Å². The lowest BCUT2D eigenvalue weighted by atomic mass is 9.91. The molecule has 5 nitrogen and oxygen atoms in total. The highest BCUT2D eigenvalue weighted by atomic mass is 16.3. The van der Waals surface area contributed by atoms with Gasteiger partial charge in [-0.25, -0.2) is 0 Å². The minimum atomic E-state index is 0.0494. The molecule has 1 fully saturated rings. The quantitative estimate of drug-likeness (QED) is 0.800. The van der Waals surface area contributed by atoms with Gasteiger partial charge in [0.1, 0.15) is 5.69 Å². The lowest BCUT2D eigenvalue weighted by molar-refractivity contribution is 0.0551. The van der Waals surface area contributed by atoms with Crippen LogP contribution in [0.4, 0.5) is 5.69 Å². The number of hydrogen-bond acceptors (Lipinski definition) is 3. The number of aromatic nitrogens is 1. The number of aliphatic hydroxyl groups excluding tert-OH is 1. The number of carbonyl (C=O) groups excluding carboxylic acids is 1. The zero-order valence-corrected chi connectivity index (χ0v) is 12.2. The van der Waals surface area contributed by atoms with E-state index < -0.39 is 0 Å². The summed E-state index contributed by atoms with van der Waals surface area (Å²) in [5.41, 5.74) is 7.15. The first-order chi connectivity index (χ1) is 9.67. The van der Waals surface area contributed by atoms with Crippen LogP contribution in [-0.4, -0.2) is 39.7 Å². The topological polar surface area (TPSA) is 71.5 Å². The smallest absolute Gasteiger partial charge is 0.270 e. The van der Waals surface area contributed by atoms with Gasteiger partial charge in [-0.1, -0.05) is 6.92 Å². The zero-order valence-electron chi connectivity index (χ0n) is 12.2. The summed E-state index contributed by atoms with van der Waals surface area (Å²) < 4.78 is 1.95. The molecule has 0 spiro atoms.